The first kappa shape index (κ1) is 8.88. The van der Waals surface area contributed by atoms with Gasteiger partial charge in [0.25, 0.3) is 0 Å². The van der Waals surface area contributed by atoms with Gasteiger partial charge in [0.15, 0.2) is 0 Å². The van der Waals surface area contributed by atoms with E-state index < -0.39 is 0 Å². The van der Waals surface area contributed by atoms with E-state index in [1.165, 1.54) is 6.42 Å². The zero-order valence-electron chi connectivity index (χ0n) is 6.14. The highest BCUT2D eigenvalue weighted by Crippen LogP contribution is 1.82. The number of hydrogen-bond acceptors (Lipinski definition) is 3. The molecule has 0 unspecified atom stereocenters. The molecule has 0 aliphatic heterocycles. The van der Waals surface area contributed by atoms with Crippen molar-refractivity contribution in [2.45, 2.75) is 26.7 Å². The predicted octanol–water partition coefficient (Wildman–Crippen LogP) is 1.26. The number of nitrogens with one attached hydrogen (secondary N) is 1. The lowest BCUT2D eigenvalue weighted by Gasteiger charge is -2.00. The standard InChI is InChI=1S/C6H15NO2/c1-3-5-6-7-9-8-4-2/h7H,3-6H2,1-2H3. The number of rotatable bonds is 6. The molecule has 3 heteroatoms. The molecule has 0 aromatic heterocycles. The molecule has 0 bridgehead atoms. The Morgan fingerprint density at radius 3 is 2.67 bits per heavy atom. The van der Waals surface area contributed by atoms with Gasteiger partial charge >= 0.3 is 0 Å². The Morgan fingerprint density at radius 2 is 2.11 bits per heavy atom. The van der Waals surface area contributed by atoms with Gasteiger partial charge in [-0.2, -0.15) is 5.48 Å². The van der Waals surface area contributed by atoms with Crippen molar-refractivity contribution in [3.05, 3.63) is 0 Å². The molecule has 0 heterocycles. The van der Waals surface area contributed by atoms with Crippen molar-refractivity contribution in [2.24, 2.45) is 0 Å². The molecule has 0 aromatic carbocycles. The molecule has 0 aliphatic rings. The Kier molecular flexibility index (Phi) is 7.77. The third-order valence-electron chi connectivity index (χ3n) is 0.868. The Labute approximate surface area is 56.2 Å². The minimum atomic E-state index is 0.582. The van der Waals surface area contributed by atoms with E-state index >= 15 is 0 Å². The Hall–Kier alpha value is -0.120. The predicted molar refractivity (Wildman–Crippen MR) is 35.6 cm³/mol. The second-order valence-electron chi connectivity index (χ2n) is 1.74. The van der Waals surface area contributed by atoms with Crippen LogP contribution < -0.4 is 5.48 Å². The minimum Gasteiger partial charge on any atom is -0.218 e. The molecule has 0 saturated carbocycles. The van der Waals surface area contributed by atoms with E-state index in [1.807, 2.05) is 6.92 Å². The molecule has 9 heavy (non-hydrogen) atoms. The van der Waals surface area contributed by atoms with Crippen LogP contribution >= 0.6 is 0 Å². The highest BCUT2D eigenvalue weighted by Gasteiger charge is 1.83. The first-order valence-electron chi connectivity index (χ1n) is 3.43. The van der Waals surface area contributed by atoms with Crippen molar-refractivity contribution in [2.75, 3.05) is 13.2 Å². The average Bonchev–Trinajstić information content (AvgIpc) is 1.89. The number of hydroxylamine groups is 1. The molecule has 0 aromatic rings. The van der Waals surface area contributed by atoms with E-state index in [0.717, 1.165) is 13.0 Å². The van der Waals surface area contributed by atoms with Crippen LogP contribution in [0.3, 0.4) is 0 Å². The molecule has 3 nitrogen and oxygen atoms in total. The smallest absolute Gasteiger partial charge is 0.0814 e. The maximum atomic E-state index is 4.57. The van der Waals surface area contributed by atoms with Gasteiger partial charge in [0.1, 0.15) is 0 Å². The molecule has 0 amide bonds. The molecule has 1 N–H and O–H groups in total. The van der Waals surface area contributed by atoms with Crippen LogP contribution in [-0.4, -0.2) is 13.2 Å². The van der Waals surface area contributed by atoms with Crippen LogP contribution in [0.2, 0.25) is 0 Å². The normalized spacial score (nSPS) is 10.0. The number of hydrogen-bond donors (Lipinski definition) is 1. The Bertz CT molecular complexity index is 44.3. The third-order valence-corrected chi connectivity index (χ3v) is 0.868. The fourth-order valence-electron chi connectivity index (χ4n) is 0.391. The van der Waals surface area contributed by atoms with Crippen LogP contribution in [0.25, 0.3) is 0 Å². The van der Waals surface area contributed by atoms with E-state index in [1.54, 1.807) is 0 Å². The molecular weight excluding hydrogens is 118 g/mol. The second-order valence-corrected chi connectivity index (χ2v) is 1.74. The summed E-state index contributed by atoms with van der Waals surface area (Å²) in [7, 11) is 0. The van der Waals surface area contributed by atoms with Gasteiger partial charge in [-0.1, -0.05) is 13.3 Å². The molecule has 0 radical (unpaired) electrons. The first-order valence-corrected chi connectivity index (χ1v) is 3.43. The fourth-order valence-corrected chi connectivity index (χ4v) is 0.391. The monoisotopic (exact) mass is 133 g/mol. The van der Waals surface area contributed by atoms with E-state index in [-0.39, 0.29) is 0 Å². The summed E-state index contributed by atoms with van der Waals surface area (Å²) in [5.74, 6) is 0. The Morgan fingerprint density at radius 1 is 1.33 bits per heavy atom. The molecular formula is C6H15NO2. The molecule has 56 valence electrons. The van der Waals surface area contributed by atoms with Crippen molar-refractivity contribution in [3.8, 4) is 0 Å². The van der Waals surface area contributed by atoms with Crippen LogP contribution in [0.4, 0.5) is 0 Å². The summed E-state index contributed by atoms with van der Waals surface area (Å²) >= 11 is 0. The third kappa shape index (κ3) is 7.88. The van der Waals surface area contributed by atoms with Gasteiger partial charge in [-0.3, -0.25) is 0 Å². The van der Waals surface area contributed by atoms with Crippen LogP contribution in [-0.2, 0) is 9.88 Å². The summed E-state index contributed by atoms with van der Waals surface area (Å²) in [4.78, 5) is 9.10. The summed E-state index contributed by atoms with van der Waals surface area (Å²) in [6, 6.07) is 0. The summed E-state index contributed by atoms with van der Waals surface area (Å²) in [5.41, 5.74) is 2.66. The van der Waals surface area contributed by atoms with Gasteiger partial charge in [0.2, 0.25) is 0 Å². The summed E-state index contributed by atoms with van der Waals surface area (Å²) in [6.45, 7) is 5.44. The van der Waals surface area contributed by atoms with Gasteiger partial charge in [0.05, 0.1) is 6.61 Å². The second kappa shape index (κ2) is 7.88. The lowest BCUT2D eigenvalue weighted by Crippen LogP contribution is -2.15. The molecule has 0 fully saturated rings. The van der Waals surface area contributed by atoms with E-state index in [2.05, 4.69) is 22.3 Å². The average molecular weight is 133 g/mol. The van der Waals surface area contributed by atoms with Gasteiger partial charge in [-0.15, -0.1) is 4.99 Å². The Balaban J connectivity index is 2.60. The summed E-state index contributed by atoms with van der Waals surface area (Å²) in [6.07, 6.45) is 2.29. The maximum Gasteiger partial charge on any atom is 0.0814 e. The molecule has 0 saturated heterocycles. The molecule has 0 rings (SSSR count). The highest BCUT2D eigenvalue weighted by atomic mass is 17.3. The molecule has 0 atom stereocenters. The van der Waals surface area contributed by atoms with E-state index in [4.69, 9.17) is 0 Å². The van der Waals surface area contributed by atoms with Crippen molar-refractivity contribution in [1.29, 1.82) is 0 Å². The summed E-state index contributed by atoms with van der Waals surface area (Å²) < 4.78 is 0. The van der Waals surface area contributed by atoms with Crippen molar-refractivity contribution >= 4 is 0 Å². The van der Waals surface area contributed by atoms with Crippen molar-refractivity contribution in [3.63, 3.8) is 0 Å². The van der Waals surface area contributed by atoms with E-state index in [9.17, 15) is 0 Å². The van der Waals surface area contributed by atoms with Gasteiger partial charge in [-0.25, -0.2) is 4.89 Å². The van der Waals surface area contributed by atoms with Crippen LogP contribution in [0, 0.1) is 0 Å². The lowest BCUT2D eigenvalue weighted by atomic mass is 10.3. The molecule has 0 spiro atoms. The van der Waals surface area contributed by atoms with Crippen LogP contribution in [0.5, 0.6) is 0 Å². The first-order chi connectivity index (χ1) is 4.41. The topological polar surface area (TPSA) is 30.5 Å². The van der Waals surface area contributed by atoms with Crippen molar-refractivity contribution < 1.29 is 9.88 Å². The zero-order valence-corrected chi connectivity index (χ0v) is 6.14. The van der Waals surface area contributed by atoms with Gasteiger partial charge in [0, 0.05) is 6.54 Å². The molecule has 0 aliphatic carbocycles. The van der Waals surface area contributed by atoms with Gasteiger partial charge < -0.3 is 0 Å². The lowest BCUT2D eigenvalue weighted by molar-refractivity contribution is -0.333. The quantitative estimate of drug-likeness (QED) is 0.336. The van der Waals surface area contributed by atoms with Crippen molar-refractivity contribution in [1.82, 2.24) is 5.48 Å². The van der Waals surface area contributed by atoms with Crippen LogP contribution in [0.1, 0.15) is 26.7 Å². The van der Waals surface area contributed by atoms with Crippen LogP contribution in [0.15, 0.2) is 0 Å². The largest absolute Gasteiger partial charge is 0.218 e. The fraction of sp³-hybridized carbons (Fsp3) is 1.00. The summed E-state index contributed by atoms with van der Waals surface area (Å²) in [5, 5.41) is 0. The zero-order chi connectivity index (χ0) is 6.95. The number of unbranched alkanes of at least 4 members (excludes halogenated alkanes) is 1. The van der Waals surface area contributed by atoms with Gasteiger partial charge in [-0.05, 0) is 13.3 Å². The SMILES string of the molecule is CCCCNOOCC. The van der Waals surface area contributed by atoms with E-state index in [0.29, 0.717) is 6.61 Å². The highest BCUT2D eigenvalue weighted by molar-refractivity contribution is 4.31. The maximum absolute atomic E-state index is 4.57. The minimum absolute atomic E-state index is 0.582.